The van der Waals surface area contributed by atoms with E-state index in [4.69, 9.17) is 0 Å². The first-order valence-electron chi connectivity index (χ1n) is 5.76. The Hall–Kier alpha value is -2.12. The van der Waals surface area contributed by atoms with Crippen LogP contribution in [0.2, 0.25) is 0 Å². The van der Waals surface area contributed by atoms with Crippen molar-refractivity contribution in [3.05, 3.63) is 57.7 Å². The minimum Gasteiger partial charge on any atom is -0.203 e. The molecule has 0 unspecified atom stereocenters. The normalized spacial score (nSPS) is 11.2. The SMILES string of the molecule is Cc1c(F)c(F)c(F)c(C)c1-c1c(F)c(F)c(F)c(F)c1F. The van der Waals surface area contributed by atoms with Crippen LogP contribution in [0.5, 0.6) is 0 Å². The average molecular weight is 326 g/mol. The van der Waals surface area contributed by atoms with Crippen molar-refractivity contribution in [2.75, 3.05) is 0 Å². The van der Waals surface area contributed by atoms with Crippen molar-refractivity contribution in [1.82, 2.24) is 0 Å². The first kappa shape index (κ1) is 16.3. The predicted octanol–water partition coefficient (Wildman–Crippen LogP) is 5.08. The molecule has 0 aliphatic rings. The van der Waals surface area contributed by atoms with Gasteiger partial charge in [0.1, 0.15) is 0 Å². The topological polar surface area (TPSA) is 0 Å². The predicted molar refractivity (Wildman–Crippen MR) is 61.0 cm³/mol. The molecule has 0 bridgehead atoms. The van der Waals surface area contributed by atoms with Gasteiger partial charge in [0, 0.05) is 0 Å². The molecule has 0 N–H and O–H groups in total. The zero-order valence-corrected chi connectivity index (χ0v) is 11.0. The summed E-state index contributed by atoms with van der Waals surface area (Å²) in [7, 11) is 0. The molecule has 0 aliphatic heterocycles. The Balaban J connectivity index is 3.03. The highest BCUT2D eigenvalue weighted by atomic mass is 19.2. The molecule has 0 spiro atoms. The third-order valence-corrected chi connectivity index (χ3v) is 3.25. The lowest BCUT2D eigenvalue weighted by Crippen LogP contribution is -2.09. The number of rotatable bonds is 1. The van der Waals surface area contributed by atoms with Crippen LogP contribution in [0.4, 0.5) is 35.1 Å². The van der Waals surface area contributed by atoms with Gasteiger partial charge >= 0.3 is 0 Å². The molecular weight excluding hydrogens is 320 g/mol. The van der Waals surface area contributed by atoms with Gasteiger partial charge in [0.05, 0.1) is 5.56 Å². The monoisotopic (exact) mass is 326 g/mol. The number of benzene rings is 2. The lowest BCUT2D eigenvalue weighted by molar-refractivity contribution is 0.381. The summed E-state index contributed by atoms with van der Waals surface area (Å²) < 4.78 is 107. The van der Waals surface area contributed by atoms with Crippen LogP contribution in [-0.2, 0) is 0 Å². The third-order valence-electron chi connectivity index (χ3n) is 3.25. The average Bonchev–Trinajstić information content (AvgIpc) is 2.50. The van der Waals surface area contributed by atoms with Crippen molar-refractivity contribution in [1.29, 1.82) is 0 Å². The second-order valence-electron chi connectivity index (χ2n) is 4.51. The second kappa shape index (κ2) is 5.26. The molecule has 0 aromatic heterocycles. The first-order chi connectivity index (χ1) is 10.1. The van der Waals surface area contributed by atoms with Crippen molar-refractivity contribution in [3.63, 3.8) is 0 Å². The molecular formula is C14H6F8. The van der Waals surface area contributed by atoms with Crippen LogP contribution in [0, 0.1) is 60.4 Å². The van der Waals surface area contributed by atoms with Gasteiger partial charge in [0.25, 0.3) is 0 Å². The smallest absolute Gasteiger partial charge is 0.200 e. The molecule has 0 heterocycles. The van der Waals surface area contributed by atoms with Crippen LogP contribution in [0.15, 0.2) is 0 Å². The minimum atomic E-state index is -2.41. The van der Waals surface area contributed by atoms with Crippen LogP contribution in [0.25, 0.3) is 11.1 Å². The van der Waals surface area contributed by atoms with E-state index in [9.17, 15) is 35.1 Å². The molecule has 0 amide bonds. The molecule has 8 heteroatoms. The van der Waals surface area contributed by atoms with E-state index in [0.717, 1.165) is 13.8 Å². The lowest BCUT2D eigenvalue weighted by Gasteiger charge is -2.15. The Morgan fingerprint density at radius 3 is 1.00 bits per heavy atom. The molecule has 22 heavy (non-hydrogen) atoms. The summed E-state index contributed by atoms with van der Waals surface area (Å²) in [6, 6.07) is 0. The summed E-state index contributed by atoms with van der Waals surface area (Å²) in [5.74, 6) is -16.9. The van der Waals surface area contributed by atoms with Gasteiger partial charge in [-0.3, -0.25) is 0 Å². The van der Waals surface area contributed by atoms with E-state index in [1.54, 1.807) is 0 Å². The van der Waals surface area contributed by atoms with Crippen molar-refractivity contribution >= 4 is 0 Å². The summed E-state index contributed by atoms with van der Waals surface area (Å²) in [6.45, 7) is 1.66. The maximum atomic E-state index is 13.8. The highest BCUT2D eigenvalue weighted by molar-refractivity contribution is 5.72. The molecule has 0 aliphatic carbocycles. The lowest BCUT2D eigenvalue weighted by atomic mass is 9.93. The molecule has 2 rings (SSSR count). The molecule has 0 saturated carbocycles. The molecule has 2 aromatic rings. The highest BCUT2D eigenvalue weighted by Gasteiger charge is 2.31. The van der Waals surface area contributed by atoms with Crippen LogP contribution in [0.1, 0.15) is 11.1 Å². The van der Waals surface area contributed by atoms with E-state index in [-0.39, 0.29) is 0 Å². The van der Waals surface area contributed by atoms with Gasteiger partial charge in [-0.1, -0.05) is 0 Å². The van der Waals surface area contributed by atoms with Gasteiger partial charge in [-0.25, -0.2) is 35.1 Å². The minimum absolute atomic E-state index is 0.778. The molecule has 2 aromatic carbocycles. The zero-order valence-electron chi connectivity index (χ0n) is 11.0. The fourth-order valence-electron chi connectivity index (χ4n) is 2.13. The maximum absolute atomic E-state index is 13.8. The third kappa shape index (κ3) is 2.05. The van der Waals surface area contributed by atoms with Gasteiger partial charge in [-0.15, -0.1) is 0 Å². The van der Waals surface area contributed by atoms with Crippen LogP contribution < -0.4 is 0 Å². The van der Waals surface area contributed by atoms with Crippen LogP contribution in [-0.4, -0.2) is 0 Å². The van der Waals surface area contributed by atoms with E-state index in [1.807, 2.05) is 0 Å². The van der Waals surface area contributed by atoms with Gasteiger partial charge in [-0.05, 0) is 30.5 Å². The van der Waals surface area contributed by atoms with Crippen molar-refractivity contribution < 1.29 is 35.1 Å². The van der Waals surface area contributed by atoms with Crippen molar-refractivity contribution in [2.45, 2.75) is 13.8 Å². The van der Waals surface area contributed by atoms with Gasteiger partial charge < -0.3 is 0 Å². The van der Waals surface area contributed by atoms with Crippen molar-refractivity contribution in [3.8, 4) is 11.1 Å². The molecule has 0 radical (unpaired) electrons. The largest absolute Gasteiger partial charge is 0.203 e. The summed E-state index contributed by atoms with van der Waals surface area (Å²) >= 11 is 0. The number of hydrogen-bond acceptors (Lipinski definition) is 0. The first-order valence-corrected chi connectivity index (χ1v) is 5.76. The molecule has 118 valence electrons. The summed E-state index contributed by atoms with van der Waals surface area (Å²) in [6.07, 6.45) is 0. The Bertz CT molecular complexity index is 669. The van der Waals surface area contributed by atoms with E-state index in [0.29, 0.717) is 0 Å². The standard InChI is InChI=1S/C14H6F8/c1-3-5(4(2)8(16)11(19)7(3)15)6-9(17)12(20)14(22)13(21)10(6)18/h1-2H3. The Morgan fingerprint density at radius 1 is 0.364 bits per heavy atom. The highest BCUT2D eigenvalue weighted by Crippen LogP contribution is 2.38. The molecule has 0 fully saturated rings. The van der Waals surface area contributed by atoms with Gasteiger partial charge in [-0.2, -0.15) is 0 Å². The molecule has 0 atom stereocenters. The Kier molecular flexibility index (Phi) is 3.88. The molecule has 0 nitrogen and oxygen atoms in total. The number of halogens is 8. The van der Waals surface area contributed by atoms with Crippen LogP contribution in [0.3, 0.4) is 0 Å². The van der Waals surface area contributed by atoms with Gasteiger partial charge in [0.15, 0.2) is 40.7 Å². The second-order valence-corrected chi connectivity index (χ2v) is 4.51. The summed E-state index contributed by atoms with van der Waals surface area (Å²) in [5, 5.41) is 0. The van der Waals surface area contributed by atoms with Gasteiger partial charge in [0.2, 0.25) is 5.82 Å². The fourth-order valence-corrected chi connectivity index (χ4v) is 2.13. The van der Waals surface area contributed by atoms with E-state index in [2.05, 4.69) is 0 Å². The molecule has 0 saturated heterocycles. The number of hydrogen-bond donors (Lipinski definition) is 0. The Labute approximate surface area is 119 Å². The van der Waals surface area contributed by atoms with Crippen molar-refractivity contribution in [2.24, 2.45) is 0 Å². The quantitative estimate of drug-likeness (QED) is 0.389. The maximum Gasteiger partial charge on any atom is 0.200 e. The van der Waals surface area contributed by atoms with E-state index >= 15 is 0 Å². The summed E-state index contributed by atoms with van der Waals surface area (Å²) in [5.41, 5.74) is -3.99. The van der Waals surface area contributed by atoms with E-state index < -0.39 is 68.8 Å². The Morgan fingerprint density at radius 2 is 0.636 bits per heavy atom. The van der Waals surface area contributed by atoms with Crippen LogP contribution >= 0.6 is 0 Å². The van der Waals surface area contributed by atoms with E-state index in [1.165, 1.54) is 0 Å². The summed E-state index contributed by atoms with van der Waals surface area (Å²) in [4.78, 5) is 0. The zero-order chi connectivity index (χ0) is 16.9. The fraction of sp³-hybridized carbons (Fsp3) is 0.143.